The number of benzene rings is 2. The second-order valence-electron chi connectivity index (χ2n) is 5.22. The second kappa shape index (κ2) is 4.77. The summed E-state index contributed by atoms with van der Waals surface area (Å²) in [6, 6.07) is 5.38. The van der Waals surface area contributed by atoms with E-state index in [0.29, 0.717) is 16.8 Å². The number of phenolic OH excluding ortho intramolecular Hbond substituents is 3. The number of phenols is 3. The highest BCUT2D eigenvalue weighted by molar-refractivity contribution is 6.16. The molecule has 0 heterocycles. The minimum absolute atomic E-state index is 0.0767. The van der Waals surface area contributed by atoms with Crippen molar-refractivity contribution in [3.63, 3.8) is 0 Å². The van der Waals surface area contributed by atoms with Gasteiger partial charge in [0.15, 0.2) is 0 Å². The van der Waals surface area contributed by atoms with E-state index in [1.54, 1.807) is 6.07 Å². The quantitative estimate of drug-likeness (QED) is 0.549. The van der Waals surface area contributed by atoms with Gasteiger partial charge in [-0.2, -0.15) is 0 Å². The van der Waals surface area contributed by atoms with Crippen molar-refractivity contribution in [2.24, 2.45) is 0 Å². The van der Waals surface area contributed by atoms with E-state index in [-0.39, 0.29) is 40.7 Å². The largest absolute Gasteiger partial charge is 0.508 e. The van der Waals surface area contributed by atoms with Crippen LogP contribution in [-0.4, -0.2) is 27.0 Å². The summed E-state index contributed by atoms with van der Waals surface area (Å²) in [5.41, 5.74) is 1.54. The highest BCUT2D eigenvalue weighted by Crippen LogP contribution is 2.39. The number of anilines is 1. The van der Waals surface area contributed by atoms with Crippen LogP contribution in [0.15, 0.2) is 24.3 Å². The molecule has 0 radical (unpaired) electrons. The van der Waals surface area contributed by atoms with E-state index in [1.165, 1.54) is 19.1 Å². The molecule has 0 fully saturated rings. The summed E-state index contributed by atoms with van der Waals surface area (Å²) in [5.74, 6) is -1.53. The molecule has 1 aliphatic carbocycles. The third-order valence-corrected chi connectivity index (χ3v) is 3.54. The molecule has 0 saturated heterocycles. The summed E-state index contributed by atoms with van der Waals surface area (Å²) >= 11 is 0. The number of amides is 1. The molecule has 2 aromatic carbocycles. The van der Waals surface area contributed by atoms with E-state index >= 15 is 0 Å². The molecule has 1 aliphatic rings. The van der Waals surface area contributed by atoms with Crippen LogP contribution in [0.5, 0.6) is 17.2 Å². The van der Waals surface area contributed by atoms with Gasteiger partial charge in [0.2, 0.25) is 11.7 Å². The van der Waals surface area contributed by atoms with Gasteiger partial charge in [0.05, 0.1) is 11.1 Å². The van der Waals surface area contributed by atoms with Gasteiger partial charge in [0, 0.05) is 24.7 Å². The van der Waals surface area contributed by atoms with Crippen molar-refractivity contribution in [1.82, 2.24) is 0 Å². The number of rotatable bonds is 1. The highest BCUT2D eigenvalue weighted by Gasteiger charge is 2.29. The lowest BCUT2D eigenvalue weighted by Gasteiger charge is -2.21. The molecular formula is C16H13NO5. The number of ketones is 1. The summed E-state index contributed by atoms with van der Waals surface area (Å²) < 4.78 is 0. The van der Waals surface area contributed by atoms with Gasteiger partial charge in [0.1, 0.15) is 17.2 Å². The third-order valence-electron chi connectivity index (χ3n) is 3.54. The molecular weight excluding hydrogens is 286 g/mol. The SMILES string of the molecule is CC(=O)Nc1cc(O)c2c(c1)Cc1cc(O)cc(O)c1C2=O. The first-order valence-corrected chi connectivity index (χ1v) is 6.60. The number of carbonyl (C=O) groups excluding carboxylic acids is 2. The smallest absolute Gasteiger partial charge is 0.221 e. The average molecular weight is 299 g/mol. The van der Waals surface area contributed by atoms with Crippen molar-refractivity contribution in [3.8, 4) is 17.2 Å². The maximum atomic E-state index is 12.5. The Morgan fingerprint density at radius 2 is 1.59 bits per heavy atom. The molecule has 0 saturated carbocycles. The fraction of sp³-hybridized carbons (Fsp3) is 0.125. The molecule has 0 aliphatic heterocycles. The molecule has 112 valence electrons. The molecule has 0 spiro atoms. The van der Waals surface area contributed by atoms with Crippen LogP contribution in [-0.2, 0) is 11.2 Å². The molecule has 1 amide bonds. The van der Waals surface area contributed by atoms with Crippen LogP contribution >= 0.6 is 0 Å². The molecule has 4 N–H and O–H groups in total. The maximum Gasteiger partial charge on any atom is 0.221 e. The first-order valence-electron chi connectivity index (χ1n) is 6.60. The molecule has 6 nitrogen and oxygen atoms in total. The first kappa shape index (κ1) is 13.9. The van der Waals surface area contributed by atoms with Gasteiger partial charge in [-0.15, -0.1) is 0 Å². The number of fused-ring (bicyclic) bond motifs is 2. The van der Waals surface area contributed by atoms with Gasteiger partial charge in [-0.3, -0.25) is 9.59 Å². The van der Waals surface area contributed by atoms with Crippen molar-refractivity contribution in [1.29, 1.82) is 0 Å². The maximum absolute atomic E-state index is 12.5. The zero-order valence-electron chi connectivity index (χ0n) is 11.7. The van der Waals surface area contributed by atoms with Crippen LogP contribution in [0.4, 0.5) is 5.69 Å². The van der Waals surface area contributed by atoms with Gasteiger partial charge in [-0.1, -0.05) is 0 Å². The topological polar surface area (TPSA) is 107 Å². The van der Waals surface area contributed by atoms with Crippen LogP contribution in [0.2, 0.25) is 0 Å². The van der Waals surface area contributed by atoms with E-state index < -0.39 is 5.78 Å². The van der Waals surface area contributed by atoms with Crippen molar-refractivity contribution in [2.45, 2.75) is 13.3 Å². The van der Waals surface area contributed by atoms with E-state index in [1.807, 2.05) is 0 Å². The Kier molecular flexibility index (Phi) is 3.02. The summed E-state index contributed by atoms with van der Waals surface area (Å²) in [7, 11) is 0. The van der Waals surface area contributed by atoms with Crippen LogP contribution in [0.25, 0.3) is 0 Å². The lowest BCUT2D eigenvalue weighted by molar-refractivity contribution is -0.114. The van der Waals surface area contributed by atoms with Crippen LogP contribution < -0.4 is 5.32 Å². The minimum Gasteiger partial charge on any atom is -0.508 e. The summed E-state index contributed by atoms with van der Waals surface area (Å²) in [5, 5.41) is 32.1. The molecule has 3 rings (SSSR count). The zero-order chi connectivity index (χ0) is 16.0. The minimum atomic E-state index is -0.513. The highest BCUT2D eigenvalue weighted by atomic mass is 16.3. The van der Waals surface area contributed by atoms with Crippen molar-refractivity contribution in [3.05, 3.63) is 46.5 Å². The third kappa shape index (κ3) is 2.14. The Hall–Kier alpha value is -3.02. The Bertz CT molecular complexity index is 826. The lowest BCUT2D eigenvalue weighted by atomic mass is 9.83. The van der Waals surface area contributed by atoms with Crippen molar-refractivity contribution >= 4 is 17.4 Å². The second-order valence-corrected chi connectivity index (χ2v) is 5.22. The molecule has 0 bridgehead atoms. The number of aromatic hydroxyl groups is 3. The number of hydrogen-bond donors (Lipinski definition) is 4. The Morgan fingerprint density at radius 1 is 1.00 bits per heavy atom. The lowest BCUT2D eigenvalue weighted by Crippen LogP contribution is -2.16. The number of hydrogen-bond acceptors (Lipinski definition) is 5. The fourth-order valence-electron chi connectivity index (χ4n) is 2.76. The Morgan fingerprint density at radius 3 is 2.23 bits per heavy atom. The molecule has 0 aromatic heterocycles. The first-order chi connectivity index (χ1) is 10.4. The van der Waals surface area contributed by atoms with Gasteiger partial charge < -0.3 is 20.6 Å². The Balaban J connectivity index is 2.17. The predicted molar refractivity (Wildman–Crippen MR) is 78.4 cm³/mol. The van der Waals surface area contributed by atoms with Crippen molar-refractivity contribution < 1.29 is 24.9 Å². The van der Waals surface area contributed by atoms with Crippen LogP contribution in [0.1, 0.15) is 34.0 Å². The molecule has 22 heavy (non-hydrogen) atoms. The molecule has 2 aromatic rings. The molecule has 0 unspecified atom stereocenters. The van der Waals surface area contributed by atoms with E-state index in [9.17, 15) is 24.9 Å². The van der Waals surface area contributed by atoms with Gasteiger partial charge in [-0.25, -0.2) is 0 Å². The molecule has 0 atom stereocenters. The van der Waals surface area contributed by atoms with Gasteiger partial charge >= 0.3 is 0 Å². The zero-order valence-corrected chi connectivity index (χ0v) is 11.7. The van der Waals surface area contributed by atoms with Gasteiger partial charge in [-0.05, 0) is 29.7 Å². The van der Waals surface area contributed by atoms with Gasteiger partial charge in [0.25, 0.3) is 0 Å². The summed E-state index contributed by atoms with van der Waals surface area (Å²) in [6.45, 7) is 1.34. The number of carbonyl (C=O) groups is 2. The van der Waals surface area contributed by atoms with Crippen LogP contribution in [0, 0.1) is 0 Å². The van der Waals surface area contributed by atoms with E-state index in [2.05, 4.69) is 5.32 Å². The average Bonchev–Trinajstić information content (AvgIpc) is 2.35. The summed E-state index contributed by atoms with van der Waals surface area (Å²) in [4.78, 5) is 23.6. The monoisotopic (exact) mass is 299 g/mol. The standard InChI is InChI=1S/C16H13NO5/c1-7(18)17-10-3-8-2-9-4-11(19)6-13(21)15(9)16(22)14(8)12(20)5-10/h3-6,19-21H,2H2,1H3,(H,17,18). The van der Waals surface area contributed by atoms with E-state index in [0.717, 1.165) is 6.07 Å². The van der Waals surface area contributed by atoms with Crippen molar-refractivity contribution in [2.75, 3.05) is 5.32 Å². The normalized spacial score (nSPS) is 12.5. The predicted octanol–water partition coefficient (Wildman–Crippen LogP) is 1.90. The Labute approximate surface area is 125 Å². The fourth-order valence-corrected chi connectivity index (χ4v) is 2.76. The van der Waals surface area contributed by atoms with Crippen LogP contribution in [0.3, 0.4) is 0 Å². The number of nitrogens with one attached hydrogen (secondary N) is 1. The summed E-state index contributed by atoms with van der Waals surface area (Å²) in [6.07, 6.45) is 0.249. The molecule has 6 heteroatoms. The van der Waals surface area contributed by atoms with E-state index in [4.69, 9.17) is 0 Å².